The van der Waals surface area contributed by atoms with E-state index in [1.54, 1.807) is 30.3 Å². The molecule has 272 valence electrons. The Bertz CT molecular complexity index is 2600. The van der Waals surface area contributed by atoms with Crippen molar-refractivity contribution >= 4 is 22.8 Å². The molecule has 55 heavy (non-hydrogen) atoms. The lowest BCUT2D eigenvalue weighted by Gasteiger charge is -2.42. The lowest BCUT2D eigenvalue weighted by atomic mass is 9.64. The van der Waals surface area contributed by atoms with E-state index in [-0.39, 0.29) is 29.3 Å². The summed E-state index contributed by atoms with van der Waals surface area (Å²) in [6, 6.07) is 42.0. The number of halogens is 1. The fraction of sp³-hybridized carbons (Fsp3) is 0.116. The standard InChI is InChI=1S/C43H35FN8O3/c1-27(53)47-33-23-21-28(22-24-33)34(25-29-13-11-12-20-35(29)44)38-48-36-40(49-38)52(42(55)50-41(36)54)37(39-45-26-46-51-39)43(30-14-5-2-6-15-30,31-16-7-3-8-17-31)32-18-9-4-10-19-32/h2-24,26,34,37H,25H2,1H3,(H,47,53)(H,48,49)(H,45,46,51)(H,50,54,55). The summed E-state index contributed by atoms with van der Waals surface area (Å²) in [7, 11) is 0. The van der Waals surface area contributed by atoms with Crippen LogP contribution in [-0.2, 0) is 16.6 Å². The highest BCUT2D eigenvalue weighted by Gasteiger charge is 2.49. The number of amides is 1. The molecule has 3 heterocycles. The van der Waals surface area contributed by atoms with Gasteiger partial charge in [0.1, 0.15) is 29.5 Å². The first-order valence-corrected chi connectivity index (χ1v) is 17.7. The summed E-state index contributed by atoms with van der Waals surface area (Å²) < 4.78 is 16.7. The van der Waals surface area contributed by atoms with E-state index in [4.69, 9.17) is 4.98 Å². The molecule has 0 saturated heterocycles. The molecule has 0 aliphatic rings. The third-order valence-corrected chi connectivity index (χ3v) is 9.98. The predicted octanol–water partition coefficient (Wildman–Crippen LogP) is 6.63. The predicted molar refractivity (Wildman–Crippen MR) is 207 cm³/mol. The largest absolute Gasteiger partial charge is 0.336 e. The van der Waals surface area contributed by atoms with Gasteiger partial charge in [-0.2, -0.15) is 5.10 Å². The number of H-pyrrole nitrogens is 3. The molecular weight excluding hydrogens is 696 g/mol. The van der Waals surface area contributed by atoms with Crippen LogP contribution in [0.25, 0.3) is 11.2 Å². The third kappa shape index (κ3) is 6.43. The van der Waals surface area contributed by atoms with E-state index in [0.717, 1.165) is 22.3 Å². The second-order valence-electron chi connectivity index (χ2n) is 13.3. The van der Waals surface area contributed by atoms with Crippen molar-refractivity contribution in [2.75, 3.05) is 5.32 Å². The van der Waals surface area contributed by atoms with Crippen LogP contribution in [0.2, 0.25) is 0 Å². The van der Waals surface area contributed by atoms with E-state index in [2.05, 4.69) is 30.5 Å². The summed E-state index contributed by atoms with van der Waals surface area (Å²) in [5.74, 6) is -0.621. The molecule has 0 aliphatic carbocycles. The Morgan fingerprint density at radius 1 is 0.782 bits per heavy atom. The first-order chi connectivity index (χ1) is 26.8. The summed E-state index contributed by atoms with van der Waals surface area (Å²) in [5, 5.41) is 10.2. The molecule has 0 aliphatic heterocycles. The van der Waals surface area contributed by atoms with Crippen LogP contribution in [0.3, 0.4) is 0 Å². The molecule has 1 amide bonds. The SMILES string of the molecule is CC(=O)Nc1ccc(C(Cc2ccccc2F)c2nc3c([nH]2)c(=O)[nH]c(=O)n3C(c2nc[nH]n2)C(c2ccccc2)(c2ccccc2)c2ccccc2)cc1. The topological polar surface area (TPSA) is 154 Å². The van der Waals surface area contributed by atoms with Crippen LogP contribution in [0.15, 0.2) is 155 Å². The van der Waals surface area contributed by atoms with Crippen LogP contribution >= 0.6 is 0 Å². The number of imidazole rings is 1. The van der Waals surface area contributed by atoms with Gasteiger partial charge in [0.05, 0.1) is 5.41 Å². The minimum absolute atomic E-state index is 0.0478. The van der Waals surface area contributed by atoms with Gasteiger partial charge >= 0.3 is 5.69 Å². The lowest BCUT2D eigenvalue weighted by Crippen LogP contribution is -2.46. The average Bonchev–Trinajstić information content (AvgIpc) is 3.90. The Morgan fingerprint density at radius 3 is 1.91 bits per heavy atom. The van der Waals surface area contributed by atoms with Gasteiger partial charge < -0.3 is 10.3 Å². The van der Waals surface area contributed by atoms with Gasteiger partial charge in [-0.3, -0.25) is 24.2 Å². The molecule has 3 aromatic heterocycles. The summed E-state index contributed by atoms with van der Waals surface area (Å²) in [6.45, 7) is 1.42. The van der Waals surface area contributed by atoms with Crippen LogP contribution < -0.4 is 16.6 Å². The number of rotatable bonds is 11. The number of carbonyl (C=O) groups excluding carboxylic acids is 1. The Labute approximate surface area is 314 Å². The molecule has 12 heteroatoms. The highest BCUT2D eigenvalue weighted by atomic mass is 19.1. The smallest absolute Gasteiger partial charge is 0.330 e. The molecule has 0 saturated carbocycles. The minimum Gasteiger partial charge on any atom is -0.336 e. The molecule has 0 fully saturated rings. The maximum absolute atomic E-state index is 15.3. The number of hydrogen-bond acceptors (Lipinski definition) is 6. The van der Waals surface area contributed by atoms with Crippen LogP contribution in [0.4, 0.5) is 10.1 Å². The molecule has 4 N–H and O–H groups in total. The molecule has 0 radical (unpaired) electrons. The molecule has 8 rings (SSSR count). The van der Waals surface area contributed by atoms with Crippen LogP contribution in [0, 0.1) is 5.82 Å². The molecule has 0 spiro atoms. The fourth-order valence-electron chi connectivity index (χ4n) is 7.62. The van der Waals surface area contributed by atoms with E-state index in [0.29, 0.717) is 17.1 Å². The van der Waals surface area contributed by atoms with E-state index >= 15 is 4.39 Å². The molecule has 11 nitrogen and oxygen atoms in total. The Kier molecular flexibility index (Phi) is 9.29. The summed E-state index contributed by atoms with van der Waals surface area (Å²) in [4.78, 5) is 55.6. The van der Waals surface area contributed by atoms with Crippen molar-refractivity contribution in [1.82, 2.24) is 34.7 Å². The van der Waals surface area contributed by atoms with Gasteiger partial charge in [0, 0.05) is 18.5 Å². The summed E-state index contributed by atoms with van der Waals surface area (Å²) >= 11 is 0. The normalized spacial score (nSPS) is 12.7. The maximum atomic E-state index is 15.3. The lowest BCUT2D eigenvalue weighted by molar-refractivity contribution is -0.114. The van der Waals surface area contributed by atoms with Gasteiger partial charge in [-0.15, -0.1) is 0 Å². The number of fused-ring (bicyclic) bond motifs is 1. The molecular formula is C43H35FN8O3. The van der Waals surface area contributed by atoms with Gasteiger partial charge in [-0.1, -0.05) is 121 Å². The number of benzene rings is 5. The minimum atomic E-state index is -1.16. The zero-order valence-electron chi connectivity index (χ0n) is 29.6. The number of nitrogens with zero attached hydrogens (tertiary/aromatic N) is 4. The first-order valence-electron chi connectivity index (χ1n) is 17.7. The zero-order chi connectivity index (χ0) is 37.9. The first kappa shape index (κ1) is 34.9. The van der Waals surface area contributed by atoms with Crippen molar-refractivity contribution in [3.05, 3.63) is 212 Å². The molecule has 8 aromatic rings. The Balaban J connectivity index is 1.43. The van der Waals surface area contributed by atoms with Gasteiger partial charge in [0.25, 0.3) is 5.56 Å². The Hall–Kier alpha value is -7.21. The number of hydrogen-bond donors (Lipinski definition) is 4. The zero-order valence-corrected chi connectivity index (χ0v) is 29.6. The van der Waals surface area contributed by atoms with Crippen molar-refractivity contribution in [3.63, 3.8) is 0 Å². The maximum Gasteiger partial charge on any atom is 0.330 e. The van der Waals surface area contributed by atoms with Crippen molar-refractivity contribution < 1.29 is 9.18 Å². The van der Waals surface area contributed by atoms with Crippen LogP contribution in [0.1, 0.15) is 58.3 Å². The summed E-state index contributed by atoms with van der Waals surface area (Å²) in [6.07, 6.45) is 1.62. The monoisotopic (exact) mass is 730 g/mol. The van der Waals surface area contributed by atoms with E-state index in [9.17, 15) is 14.4 Å². The number of nitrogens with one attached hydrogen (secondary N) is 4. The molecule has 5 aromatic carbocycles. The molecule has 0 bridgehead atoms. The number of carbonyl (C=O) groups is 1. The van der Waals surface area contributed by atoms with Gasteiger partial charge in [0.15, 0.2) is 11.5 Å². The van der Waals surface area contributed by atoms with Crippen LogP contribution in [0.5, 0.6) is 0 Å². The highest BCUT2D eigenvalue weighted by Crippen LogP contribution is 2.49. The van der Waals surface area contributed by atoms with Crippen molar-refractivity contribution in [2.24, 2.45) is 0 Å². The number of aromatic nitrogens is 7. The highest BCUT2D eigenvalue weighted by molar-refractivity contribution is 5.88. The van der Waals surface area contributed by atoms with Gasteiger partial charge in [-0.25, -0.2) is 19.2 Å². The Morgan fingerprint density at radius 2 is 1.36 bits per heavy atom. The number of aromatic amines is 3. The van der Waals surface area contributed by atoms with E-state index in [1.807, 2.05) is 103 Å². The van der Waals surface area contributed by atoms with Crippen LogP contribution in [-0.4, -0.2) is 40.6 Å². The van der Waals surface area contributed by atoms with E-state index < -0.39 is 34.4 Å². The van der Waals surface area contributed by atoms with Crippen molar-refractivity contribution in [2.45, 2.75) is 30.7 Å². The second kappa shape index (κ2) is 14.7. The third-order valence-electron chi connectivity index (χ3n) is 9.98. The van der Waals surface area contributed by atoms with Crippen molar-refractivity contribution in [1.29, 1.82) is 0 Å². The quantitative estimate of drug-likeness (QED) is 0.110. The average molecular weight is 731 g/mol. The second-order valence-corrected chi connectivity index (χ2v) is 13.3. The number of anilines is 1. The molecule has 2 atom stereocenters. The van der Waals surface area contributed by atoms with E-state index in [1.165, 1.54) is 23.9 Å². The van der Waals surface area contributed by atoms with Crippen molar-refractivity contribution in [3.8, 4) is 0 Å². The summed E-state index contributed by atoms with van der Waals surface area (Å²) in [5.41, 5.74) is 1.82. The molecule has 2 unspecified atom stereocenters. The fourth-order valence-corrected chi connectivity index (χ4v) is 7.62. The van der Waals surface area contributed by atoms with Gasteiger partial charge in [-0.05, 0) is 52.4 Å². The van der Waals surface area contributed by atoms with Gasteiger partial charge in [0.2, 0.25) is 5.91 Å².